The number of thiophene rings is 1. The minimum absolute atomic E-state index is 0.0245. The lowest BCUT2D eigenvalue weighted by Gasteiger charge is -2.34. The monoisotopic (exact) mass is 472 g/mol. The van der Waals surface area contributed by atoms with Crippen LogP contribution in [0.5, 0.6) is 5.75 Å². The number of amides is 1. The van der Waals surface area contributed by atoms with Gasteiger partial charge < -0.3 is 10.0 Å². The highest BCUT2D eigenvalue weighted by Gasteiger charge is 2.25. The van der Waals surface area contributed by atoms with Crippen molar-refractivity contribution in [2.75, 3.05) is 26.2 Å². The molecule has 1 aromatic carbocycles. The SMILES string of the molecule is Cc1cc(Br)c(O)c(C(=O)N2CCN(Cc3ccc(Br)s3)CC2)c1. The molecule has 7 heteroatoms. The third-order valence-corrected chi connectivity index (χ3v) is 6.32. The number of aromatic hydroxyl groups is 1. The fraction of sp³-hybridized carbons (Fsp3) is 0.353. The second-order valence-electron chi connectivity index (χ2n) is 5.92. The van der Waals surface area contributed by atoms with Crippen LogP contribution in [0.3, 0.4) is 0 Å². The predicted octanol–water partition coefficient (Wildman–Crippen LogP) is 4.25. The molecule has 1 fully saturated rings. The largest absolute Gasteiger partial charge is 0.506 e. The van der Waals surface area contributed by atoms with Crippen molar-refractivity contribution in [3.05, 3.63) is 48.5 Å². The maximum Gasteiger partial charge on any atom is 0.257 e. The molecule has 0 spiro atoms. The number of nitrogens with zero attached hydrogens (tertiary/aromatic N) is 2. The Labute approximate surface area is 162 Å². The van der Waals surface area contributed by atoms with E-state index >= 15 is 0 Å². The van der Waals surface area contributed by atoms with Crippen molar-refractivity contribution in [1.29, 1.82) is 0 Å². The van der Waals surface area contributed by atoms with Gasteiger partial charge in [0, 0.05) is 37.6 Å². The van der Waals surface area contributed by atoms with Crippen LogP contribution < -0.4 is 0 Å². The van der Waals surface area contributed by atoms with Crippen molar-refractivity contribution < 1.29 is 9.90 Å². The van der Waals surface area contributed by atoms with Gasteiger partial charge >= 0.3 is 0 Å². The molecule has 0 aliphatic carbocycles. The van der Waals surface area contributed by atoms with Crippen LogP contribution in [-0.2, 0) is 6.54 Å². The van der Waals surface area contributed by atoms with Gasteiger partial charge in [0.25, 0.3) is 5.91 Å². The second kappa shape index (κ2) is 7.56. The van der Waals surface area contributed by atoms with Crippen molar-refractivity contribution in [2.45, 2.75) is 13.5 Å². The summed E-state index contributed by atoms with van der Waals surface area (Å²) in [5, 5.41) is 10.2. The summed E-state index contributed by atoms with van der Waals surface area (Å²) >= 11 is 8.54. The Morgan fingerprint density at radius 2 is 1.92 bits per heavy atom. The van der Waals surface area contributed by atoms with E-state index in [1.54, 1.807) is 17.4 Å². The summed E-state index contributed by atoms with van der Waals surface area (Å²) in [5.74, 6) is -0.0770. The number of aryl methyl sites for hydroxylation is 1. The molecule has 3 rings (SSSR count). The molecule has 0 atom stereocenters. The van der Waals surface area contributed by atoms with Gasteiger partial charge in [-0.3, -0.25) is 9.69 Å². The molecular weight excluding hydrogens is 456 g/mol. The van der Waals surface area contributed by atoms with Crippen molar-refractivity contribution >= 4 is 49.1 Å². The topological polar surface area (TPSA) is 43.8 Å². The minimum Gasteiger partial charge on any atom is -0.506 e. The Balaban J connectivity index is 1.63. The normalized spacial score (nSPS) is 15.7. The van der Waals surface area contributed by atoms with E-state index in [1.807, 2.05) is 17.9 Å². The first kappa shape index (κ1) is 17.9. The molecule has 1 N–H and O–H groups in total. The van der Waals surface area contributed by atoms with Crippen molar-refractivity contribution in [3.8, 4) is 5.75 Å². The summed E-state index contributed by atoms with van der Waals surface area (Å²) < 4.78 is 1.71. The van der Waals surface area contributed by atoms with Crippen LogP contribution in [-0.4, -0.2) is 47.0 Å². The number of hydrogen-bond donors (Lipinski definition) is 1. The number of carbonyl (C=O) groups is 1. The smallest absolute Gasteiger partial charge is 0.257 e. The lowest BCUT2D eigenvalue weighted by atomic mass is 10.1. The number of phenols is 1. The molecule has 0 radical (unpaired) electrons. The number of phenolic OH excluding ortho intramolecular Hbond substituents is 1. The van der Waals surface area contributed by atoms with E-state index < -0.39 is 0 Å². The molecule has 128 valence electrons. The molecule has 0 saturated carbocycles. The van der Waals surface area contributed by atoms with Gasteiger partial charge in [-0.05, 0) is 68.6 Å². The molecule has 1 aliphatic rings. The number of halogens is 2. The predicted molar refractivity (Wildman–Crippen MR) is 104 cm³/mol. The molecule has 24 heavy (non-hydrogen) atoms. The molecule has 0 bridgehead atoms. The van der Waals surface area contributed by atoms with Crippen molar-refractivity contribution in [2.24, 2.45) is 0 Å². The molecule has 1 aromatic heterocycles. The first-order chi connectivity index (χ1) is 11.4. The van der Waals surface area contributed by atoms with Gasteiger partial charge in [-0.25, -0.2) is 0 Å². The van der Waals surface area contributed by atoms with Crippen molar-refractivity contribution in [3.63, 3.8) is 0 Å². The highest BCUT2D eigenvalue weighted by atomic mass is 79.9. The Morgan fingerprint density at radius 3 is 2.54 bits per heavy atom. The van der Waals surface area contributed by atoms with Gasteiger partial charge in [0.15, 0.2) is 0 Å². The number of benzene rings is 1. The number of carbonyl (C=O) groups excluding carboxylic acids is 1. The average molecular weight is 474 g/mol. The fourth-order valence-corrected chi connectivity index (χ4v) is 4.93. The number of piperazine rings is 1. The van der Waals surface area contributed by atoms with Crippen molar-refractivity contribution in [1.82, 2.24) is 9.80 Å². The summed E-state index contributed by atoms with van der Waals surface area (Å²) in [5.41, 5.74) is 1.32. The third kappa shape index (κ3) is 4.02. The maximum absolute atomic E-state index is 12.7. The second-order valence-corrected chi connectivity index (χ2v) is 9.32. The first-order valence-corrected chi connectivity index (χ1v) is 10.1. The van der Waals surface area contributed by atoms with Crippen LogP contribution in [0.2, 0.25) is 0 Å². The van der Waals surface area contributed by atoms with E-state index in [9.17, 15) is 9.90 Å². The number of hydrogen-bond acceptors (Lipinski definition) is 4. The quantitative estimate of drug-likeness (QED) is 0.724. The van der Waals surface area contributed by atoms with E-state index in [0.717, 1.165) is 29.0 Å². The molecular formula is C17H18Br2N2O2S. The highest BCUT2D eigenvalue weighted by Crippen LogP contribution is 2.30. The zero-order chi connectivity index (χ0) is 17.3. The zero-order valence-corrected chi connectivity index (χ0v) is 17.2. The summed E-state index contributed by atoms with van der Waals surface area (Å²) in [7, 11) is 0. The Kier molecular flexibility index (Phi) is 5.64. The molecule has 4 nitrogen and oxygen atoms in total. The van der Waals surface area contributed by atoms with Crippen LogP contribution in [0.4, 0.5) is 0 Å². The van der Waals surface area contributed by atoms with Gasteiger partial charge in [-0.1, -0.05) is 0 Å². The van der Waals surface area contributed by atoms with Crippen LogP contribution in [0, 0.1) is 6.92 Å². The highest BCUT2D eigenvalue weighted by molar-refractivity contribution is 9.11. The molecule has 1 saturated heterocycles. The van der Waals surface area contributed by atoms with Gasteiger partial charge in [-0.15, -0.1) is 11.3 Å². The zero-order valence-electron chi connectivity index (χ0n) is 13.3. The van der Waals surface area contributed by atoms with Gasteiger partial charge in [-0.2, -0.15) is 0 Å². The van der Waals surface area contributed by atoms with Gasteiger partial charge in [0.2, 0.25) is 0 Å². The summed E-state index contributed by atoms with van der Waals surface area (Å²) in [6, 6.07) is 7.76. The van der Waals surface area contributed by atoms with Crippen LogP contribution in [0.1, 0.15) is 20.8 Å². The standard InChI is InChI=1S/C17H18Br2N2O2S/c1-11-8-13(16(22)14(18)9-11)17(23)21-6-4-20(5-7-21)10-12-2-3-15(19)24-12/h2-3,8-9,22H,4-7,10H2,1H3. The van der Waals surface area contributed by atoms with E-state index in [0.29, 0.717) is 23.1 Å². The van der Waals surface area contributed by atoms with E-state index in [4.69, 9.17) is 0 Å². The molecule has 2 heterocycles. The molecule has 2 aromatic rings. The lowest BCUT2D eigenvalue weighted by Crippen LogP contribution is -2.48. The number of rotatable bonds is 3. The van der Waals surface area contributed by atoms with E-state index in [2.05, 4.69) is 48.9 Å². The van der Waals surface area contributed by atoms with Crippen LogP contribution >= 0.6 is 43.2 Å². The summed E-state index contributed by atoms with van der Waals surface area (Å²) in [4.78, 5) is 18.2. The first-order valence-electron chi connectivity index (χ1n) is 7.69. The third-order valence-electron chi connectivity index (χ3n) is 4.11. The fourth-order valence-electron chi connectivity index (χ4n) is 2.83. The lowest BCUT2D eigenvalue weighted by molar-refractivity contribution is 0.0626. The molecule has 1 aliphatic heterocycles. The van der Waals surface area contributed by atoms with Crippen LogP contribution in [0.25, 0.3) is 0 Å². The Bertz CT molecular complexity index is 755. The Hall–Kier alpha value is -0.890. The average Bonchev–Trinajstić information content (AvgIpc) is 2.96. The molecule has 1 amide bonds. The van der Waals surface area contributed by atoms with E-state index in [-0.39, 0.29) is 11.7 Å². The van der Waals surface area contributed by atoms with E-state index in [1.165, 1.54) is 4.88 Å². The van der Waals surface area contributed by atoms with Gasteiger partial charge in [0.05, 0.1) is 13.8 Å². The summed E-state index contributed by atoms with van der Waals surface area (Å²) in [6.07, 6.45) is 0. The minimum atomic E-state index is -0.101. The summed E-state index contributed by atoms with van der Waals surface area (Å²) in [6.45, 7) is 5.87. The Morgan fingerprint density at radius 1 is 1.21 bits per heavy atom. The van der Waals surface area contributed by atoms with Gasteiger partial charge in [0.1, 0.15) is 5.75 Å². The maximum atomic E-state index is 12.7. The van der Waals surface area contributed by atoms with Crippen LogP contribution in [0.15, 0.2) is 32.5 Å². The molecule has 0 unspecified atom stereocenters.